The number of amides is 2. The molecule has 6 nitrogen and oxygen atoms in total. The maximum atomic E-state index is 13.3. The van der Waals surface area contributed by atoms with Gasteiger partial charge in [-0.1, -0.05) is 30.3 Å². The zero-order chi connectivity index (χ0) is 22.2. The third kappa shape index (κ3) is 3.81. The van der Waals surface area contributed by atoms with Gasteiger partial charge in [0, 0.05) is 36.8 Å². The minimum Gasteiger partial charge on any atom is -0.338 e. The van der Waals surface area contributed by atoms with Gasteiger partial charge in [0.15, 0.2) is 0 Å². The van der Waals surface area contributed by atoms with Crippen molar-refractivity contribution in [3.63, 3.8) is 0 Å². The summed E-state index contributed by atoms with van der Waals surface area (Å²) in [5, 5.41) is 4.91. The Kier molecular flexibility index (Phi) is 5.51. The number of aromatic nitrogens is 1. The number of carbonyl (C=O) groups is 2. The first-order chi connectivity index (χ1) is 15.5. The van der Waals surface area contributed by atoms with Crippen LogP contribution in [0, 0.1) is 5.92 Å². The second-order valence-corrected chi connectivity index (χ2v) is 9.51. The third-order valence-corrected chi connectivity index (χ3v) is 6.99. The van der Waals surface area contributed by atoms with Gasteiger partial charge in [0.1, 0.15) is 5.69 Å². The summed E-state index contributed by atoms with van der Waals surface area (Å²) < 4.78 is 1.80. The lowest BCUT2D eigenvalue weighted by atomic mass is 9.83. The molecule has 2 unspecified atom stereocenters. The van der Waals surface area contributed by atoms with E-state index in [-0.39, 0.29) is 29.2 Å². The van der Waals surface area contributed by atoms with Crippen LogP contribution in [0.4, 0.5) is 5.69 Å². The molecule has 5 rings (SSSR count). The fourth-order valence-corrected chi connectivity index (χ4v) is 5.36. The molecule has 2 aromatic carbocycles. The van der Waals surface area contributed by atoms with Crippen LogP contribution in [0.2, 0.25) is 0 Å². The summed E-state index contributed by atoms with van der Waals surface area (Å²) in [7, 11) is 0. The number of anilines is 1. The van der Waals surface area contributed by atoms with E-state index in [0.717, 1.165) is 22.9 Å². The van der Waals surface area contributed by atoms with Crippen molar-refractivity contribution in [3.8, 4) is 0 Å². The van der Waals surface area contributed by atoms with Gasteiger partial charge in [-0.2, -0.15) is 11.8 Å². The van der Waals surface area contributed by atoms with Crippen LogP contribution in [0.5, 0.6) is 0 Å². The monoisotopic (exact) mass is 447 g/mol. The van der Waals surface area contributed by atoms with Crippen LogP contribution in [0.3, 0.4) is 0 Å². The van der Waals surface area contributed by atoms with Crippen LogP contribution >= 0.6 is 11.8 Å². The predicted octanol–water partition coefficient (Wildman–Crippen LogP) is 3.56. The van der Waals surface area contributed by atoms with Crippen LogP contribution in [0.1, 0.15) is 28.4 Å². The summed E-state index contributed by atoms with van der Waals surface area (Å²) in [5.41, 5.74) is 1.83. The van der Waals surface area contributed by atoms with Gasteiger partial charge in [-0.05, 0) is 53.6 Å². The van der Waals surface area contributed by atoms with Crippen LogP contribution in [0.25, 0.3) is 10.8 Å². The van der Waals surface area contributed by atoms with Crippen molar-refractivity contribution < 1.29 is 9.59 Å². The van der Waals surface area contributed by atoms with Gasteiger partial charge in [0.2, 0.25) is 5.91 Å². The quantitative estimate of drug-likeness (QED) is 0.664. The SMILES string of the molecule is CSCC(=O)Nc1ccc2n(c1=O)CC1CC2CN(C(=O)c2ccc3ccccc3c2)C1. The van der Waals surface area contributed by atoms with E-state index in [1.807, 2.05) is 59.7 Å². The standard InChI is InChI=1S/C25H25N3O3S/c1-32-15-23(29)26-21-8-9-22-20-10-16(13-28(22)25(21)31)12-27(14-20)24(30)19-7-6-17-4-2-3-5-18(17)11-19/h2-9,11,16,20H,10,12-15H2,1H3,(H,26,29). The molecule has 164 valence electrons. The average molecular weight is 448 g/mol. The molecule has 2 amide bonds. The third-order valence-electron chi connectivity index (χ3n) is 6.44. The Morgan fingerprint density at radius 3 is 2.66 bits per heavy atom. The summed E-state index contributed by atoms with van der Waals surface area (Å²) in [6.07, 6.45) is 2.82. The number of hydrogen-bond donors (Lipinski definition) is 1. The zero-order valence-corrected chi connectivity index (χ0v) is 18.7. The number of rotatable bonds is 4. The van der Waals surface area contributed by atoms with E-state index in [4.69, 9.17) is 0 Å². The molecule has 1 aromatic heterocycles. The number of nitrogens with one attached hydrogen (secondary N) is 1. The first kappa shape index (κ1) is 20.8. The van der Waals surface area contributed by atoms with Gasteiger partial charge in [-0.25, -0.2) is 0 Å². The number of pyridine rings is 1. The molecule has 2 atom stereocenters. The van der Waals surface area contributed by atoms with Crippen molar-refractivity contribution in [2.45, 2.75) is 18.9 Å². The van der Waals surface area contributed by atoms with Crippen molar-refractivity contribution >= 4 is 40.0 Å². The van der Waals surface area contributed by atoms with Gasteiger partial charge in [-0.3, -0.25) is 14.4 Å². The summed E-state index contributed by atoms with van der Waals surface area (Å²) in [4.78, 5) is 40.2. The molecule has 0 aliphatic carbocycles. The molecule has 2 aliphatic heterocycles. The lowest BCUT2D eigenvalue weighted by Crippen LogP contribution is -2.49. The van der Waals surface area contributed by atoms with Gasteiger partial charge in [0.25, 0.3) is 11.5 Å². The molecule has 1 saturated heterocycles. The second-order valence-electron chi connectivity index (χ2n) is 8.64. The number of hydrogen-bond acceptors (Lipinski definition) is 4. The van der Waals surface area contributed by atoms with Crippen molar-refractivity contribution in [2.75, 3.05) is 30.4 Å². The summed E-state index contributed by atoms with van der Waals surface area (Å²) in [6.45, 7) is 1.80. The highest BCUT2D eigenvalue weighted by Gasteiger charge is 2.37. The summed E-state index contributed by atoms with van der Waals surface area (Å²) >= 11 is 1.42. The molecule has 0 spiro atoms. The van der Waals surface area contributed by atoms with Crippen LogP contribution in [-0.4, -0.2) is 46.4 Å². The maximum absolute atomic E-state index is 13.3. The van der Waals surface area contributed by atoms with E-state index in [0.29, 0.717) is 36.6 Å². The number of carbonyl (C=O) groups excluding carboxylic acids is 2. The Hall–Kier alpha value is -3.06. The van der Waals surface area contributed by atoms with Gasteiger partial charge >= 0.3 is 0 Å². The van der Waals surface area contributed by atoms with E-state index in [1.54, 1.807) is 10.6 Å². The Morgan fingerprint density at radius 2 is 1.84 bits per heavy atom. The number of piperidine rings is 1. The first-order valence-electron chi connectivity index (χ1n) is 10.8. The molecule has 3 heterocycles. The molecule has 0 radical (unpaired) electrons. The molecule has 1 fully saturated rings. The summed E-state index contributed by atoms with van der Waals surface area (Å²) in [6, 6.07) is 17.5. The summed E-state index contributed by atoms with van der Waals surface area (Å²) in [5.74, 6) is 0.537. The lowest BCUT2D eigenvalue weighted by molar-refractivity contribution is -0.113. The molecular formula is C25H25N3O3S. The second kappa shape index (κ2) is 8.47. The van der Waals surface area contributed by atoms with E-state index < -0.39 is 0 Å². The van der Waals surface area contributed by atoms with Crippen molar-refractivity contribution in [1.29, 1.82) is 0 Å². The fraction of sp³-hybridized carbons (Fsp3) is 0.320. The normalized spacial score (nSPS) is 19.5. The lowest BCUT2D eigenvalue weighted by Gasteiger charge is -2.43. The van der Waals surface area contributed by atoms with Crippen molar-refractivity contribution in [3.05, 3.63) is 76.2 Å². The smallest absolute Gasteiger partial charge is 0.274 e. The highest BCUT2D eigenvalue weighted by molar-refractivity contribution is 7.99. The molecule has 3 aromatic rings. The van der Waals surface area contributed by atoms with Gasteiger partial charge < -0.3 is 14.8 Å². The van der Waals surface area contributed by atoms with Crippen molar-refractivity contribution in [2.24, 2.45) is 5.92 Å². The zero-order valence-electron chi connectivity index (χ0n) is 17.9. The van der Waals surface area contributed by atoms with Crippen LogP contribution < -0.4 is 10.9 Å². The Bertz CT molecular complexity index is 1270. The highest BCUT2D eigenvalue weighted by atomic mass is 32.2. The molecule has 1 N–H and O–H groups in total. The topological polar surface area (TPSA) is 71.4 Å². The van der Waals surface area contributed by atoms with Gasteiger partial charge in [-0.15, -0.1) is 0 Å². The van der Waals surface area contributed by atoms with E-state index in [2.05, 4.69) is 5.32 Å². The fourth-order valence-electron chi connectivity index (χ4n) is 5.03. The van der Waals surface area contributed by atoms with Crippen LogP contribution in [0.15, 0.2) is 59.4 Å². The average Bonchev–Trinajstić information content (AvgIpc) is 2.80. The van der Waals surface area contributed by atoms with Gasteiger partial charge in [0.05, 0.1) is 5.75 Å². The van der Waals surface area contributed by atoms with Crippen LogP contribution in [-0.2, 0) is 11.3 Å². The predicted molar refractivity (Wildman–Crippen MR) is 128 cm³/mol. The molecule has 7 heteroatoms. The number of likely N-dealkylation sites (tertiary alicyclic amines) is 1. The Balaban J connectivity index is 1.39. The maximum Gasteiger partial charge on any atom is 0.274 e. The molecule has 2 bridgehead atoms. The van der Waals surface area contributed by atoms with Crippen molar-refractivity contribution in [1.82, 2.24) is 9.47 Å². The van der Waals surface area contributed by atoms with E-state index in [1.165, 1.54) is 11.8 Å². The molecule has 32 heavy (non-hydrogen) atoms. The minimum atomic E-state index is -0.168. The number of benzene rings is 2. The number of thioether (sulfide) groups is 1. The molecular weight excluding hydrogens is 422 g/mol. The Labute approximate surface area is 190 Å². The number of nitrogens with zero attached hydrogens (tertiary/aromatic N) is 2. The number of fused-ring (bicyclic) bond motifs is 5. The van der Waals surface area contributed by atoms with E-state index >= 15 is 0 Å². The largest absolute Gasteiger partial charge is 0.338 e. The Morgan fingerprint density at radius 1 is 1.03 bits per heavy atom. The van der Waals surface area contributed by atoms with E-state index in [9.17, 15) is 14.4 Å². The first-order valence-corrected chi connectivity index (χ1v) is 12.2. The highest BCUT2D eigenvalue weighted by Crippen LogP contribution is 2.36. The molecule has 0 saturated carbocycles. The minimum absolute atomic E-state index is 0.0437. The molecule has 2 aliphatic rings.